The van der Waals surface area contributed by atoms with Gasteiger partial charge in [-0.3, -0.25) is 9.99 Å². The Bertz CT molecular complexity index is 693. The molecule has 25 heavy (non-hydrogen) atoms. The highest BCUT2D eigenvalue weighted by Gasteiger charge is 2.30. The number of rotatable bonds is 5. The fraction of sp³-hybridized carbons (Fsp3) is 0.647. The lowest BCUT2D eigenvalue weighted by Gasteiger charge is -2.36. The number of hydrogen-bond donors (Lipinski definition) is 0. The smallest absolute Gasteiger partial charge is 0.246 e. The number of hydrogen-bond acceptors (Lipinski definition) is 6. The van der Waals surface area contributed by atoms with E-state index < -0.39 is 10.0 Å². The van der Waals surface area contributed by atoms with Gasteiger partial charge in [-0.05, 0) is 25.3 Å². The fourth-order valence-corrected chi connectivity index (χ4v) is 5.00. The van der Waals surface area contributed by atoms with Crippen molar-refractivity contribution >= 4 is 21.9 Å². The summed E-state index contributed by atoms with van der Waals surface area (Å²) in [6.07, 6.45) is 8.97. The molecule has 0 radical (unpaired) electrons. The molecular formula is C17H27N5O2S. The minimum atomic E-state index is -3.48. The first-order chi connectivity index (χ1) is 12.1. The number of sulfonamides is 1. The molecule has 0 aromatic carbocycles. The van der Waals surface area contributed by atoms with E-state index in [1.165, 1.54) is 6.20 Å². The summed E-state index contributed by atoms with van der Waals surface area (Å²) in [5.74, 6) is 0. The van der Waals surface area contributed by atoms with Crippen molar-refractivity contribution in [2.45, 2.75) is 37.5 Å². The zero-order valence-corrected chi connectivity index (χ0v) is 15.7. The van der Waals surface area contributed by atoms with E-state index in [1.54, 1.807) is 10.5 Å². The first-order valence-corrected chi connectivity index (χ1v) is 10.5. The Kier molecular flexibility index (Phi) is 5.90. The van der Waals surface area contributed by atoms with Gasteiger partial charge in [0.15, 0.2) is 0 Å². The number of nitrogens with zero attached hydrogens (tertiary/aromatic N) is 5. The van der Waals surface area contributed by atoms with E-state index in [9.17, 15) is 8.42 Å². The van der Waals surface area contributed by atoms with Gasteiger partial charge in [-0.1, -0.05) is 13.3 Å². The van der Waals surface area contributed by atoms with Gasteiger partial charge in [-0.2, -0.15) is 9.41 Å². The molecule has 3 heterocycles. The minimum Gasteiger partial charge on any atom is -0.367 e. The van der Waals surface area contributed by atoms with E-state index in [1.807, 2.05) is 17.3 Å². The van der Waals surface area contributed by atoms with Crippen LogP contribution in [0.25, 0.3) is 0 Å². The van der Waals surface area contributed by atoms with Crippen LogP contribution in [0, 0.1) is 0 Å². The third kappa shape index (κ3) is 4.12. The molecule has 0 amide bonds. The molecule has 138 valence electrons. The molecule has 0 saturated carbocycles. The third-order valence-electron chi connectivity index (χ3n) is 4.72. The van der Waals surface area contributed by atoms with Crippen molar-refractivity contribution in [3.05, 3.63) is 18.5 Å². The molecule has 3 rings (SSSR count). The summed E-state index contributed by atoms with van der Waals surface area (Å²) in [5.41, 5.74) is 0.764. The molecule has 2 aliphatic rings. The number of anilines is 1. The van der Waals surface area contributed by atoms with E-state index in [0.29, 0.717) is 18.0 Å². The van der Waals surface area contributed by atoms with Crippen molar-refractivity contribution in [2.75, 3.05) is 44.2 Å². The lowest BCUT2D eigenvalue weighted by atomic mass is 10.2. The van der Waals surface area contributed by atoms with Crippen LogP contribution >= 0.6 is 0 Å². The highest BCUT2D eigenvalue weighted by Crippen LogP contribution is 2.29. The zero-order valence-electron chi connectivity index (χ0n) is 14.8. The van der Waals surface area contributed by atoms with E-state index in [4.69, 9.17) is 0 Å². The standard InChI is InChI=1S/C17H27N5O2S/c1-2-7-19-21-13-11-20(12-14-21)16-6-8-18-15-17(16)25(23,24)22-9-4-3-5-10-22/h6-8,15H,2-5,9-14H2,1H3. The van der Waals surface area contributed by atoms with Gasteiger partial charge >= 0.3 is 0 Å². The summed E-state index contributed by atoms with van der Waals surface area (Å²) in [6.45, 7) is 6.38. The number of hydrazone groups is 1. The van der Waals surface area contributed by atoms with Crippen molar-refractivity contribution in [1.82, 2.24) is 14.3 Å². The van der Waals surface area contributed by atoms with Gasteiger partial charge in [-0.15, -0.1) is 0 Å². The summed E-state index contributed by atoms with van der Waals surface area (Å²) >= 11 is 0. The number of piperidine rings is 1. The van der Waals surface area contributed by atoms with Gasteiger partial charge < -0.3 is 4.90 Å². The predicted molar refractivity (Wildman–Crippen MR) is 99.4 cm³/mol. The Morgan fingerprint density at radius 3 is 2.52 bits per heavy atom. The number of pyridine rings is 1. The summed E-state index contributed by atoms with van der Waals surface area (Å²) in [7, 11) is -3.48. The SMILES string of the molecule is CCC=NN1CCN(c2ccncc2S(=O)(=O)N2CCCCC2)CC1. The van der Waals surface area contributed by atoms with Crippen LogP contribution in [0.5, 0.6) is 0 Å². The Hall–Kier alpha value is -1.67. The highest BCUT2D eigenvalue weighted by atomic mass is 32.2. The second kappa shape index (κ2) is 8.14. The fourth-order valence-electron chi connectivity index (χ4n) is 3.33. The Morgan fingerprint density at radius 1 is 1.12 bits per heavy atom. The van der Waals surface area contributed by atoms with Gasteiger partial charge in [0.1, 0.15) is 4.90 Å². The van der Waals surface area contributed by atoms with Gasteiger partial charge in [-0.25, -0.2) is 8.42 Å². The summed E-state index contributed by atoms with van der Waals surface area (Å²) in [6, 6.07) is 1.82. The predicted octanol–water partition coefficient (Wildman–Crippen LogP) is 1.77. The Labute approximate surface area is 150 Å². The molecule has 0 aliphatic carbocycles. The van der Waals surface area contributed by atoms with Crippen LogP contribution in [-0.4, -0.2) is 68.2 Å². The minimum absolute atomic E-state index is 0.336. The summed E-state index contributed by atoms with van der Waals surface area (Å²) in [4.78, 5) is 6.56. The first-order valence-electron chi connectivity index (χ1n) is 9.09. The topological polar surface area (TPSA) is 69.1 Å². The van der Waals surface area contributed by atoms with Crippen LogP contribution < -0.4 is 4.90 Å². The summed E-state index contributed by atoms with van der Waals surface area (Å²) in [5, 5.41) is 6.46. The molecule has 0 unspecified atom stereocenters. The van der Waals surface area contributed by atoms with Crippen LogP contribution in [0.2, 0.25) is 0 Å². The maximum Gasteiger partial charge on any atom is 0.246 e. The van der Waals surface area contributed by atoms with Crippen molar-refractivity contribution in [2.24, 2.45) is 5.10 Å². The van der Waals surface area contributed by atoms with E-state index in [-0.39, 0.29) is 0 Å². The van der Waals surface area contributed by atoms with Crippen LogP contribution in [0.4, 0.5) is 5.69 Å². The molecule has 1 aromatic rings. The Morgan fingerprint density at radius 2 is 1.84 bits per heavy atom. The molecule has 0 atom stereocenters. The Balaban J connectivity index is 1.79. The molecule has 0 spiro atoms. The zero-order chi connectivity index (χ0) is 17.7. The lowest BCUT2D eigenvalue weighted by Crippen LogP contribution is -2.45. The third-order valence-corrected chi connectivity index (χ3v) is 6.64. The highest BCUT2D eigenvalue weighted by molar-refractivity contribution is 7.89. The van der Waals surface area contributed by atoms with Crippen LogP contribution in [0.15, 0.2) is 28.5 Å². The average molecular weight is 366 g/mol. The molecule has 1 aromatic heterocycles. The average Bonchev–Trinajstić information content (AvgIpc) is 2.67. The van der Waals surface area contributed by atoms with Crippen molar-refractivity contribution in [3.63, 3.8) is 0 Å². The molecule has 7 nitrogen and oxygen atoms in total. The maximum atomic E-state index is 13.1. The van der Waals surface area contributed by atoms with Crippen molar-refractivity contribution in [1.29, 1.82) is 0 Å². The molecular weight excluding hydrogens is 338 g/mol. The largest absolute Gasteiger partial charge is 0.367 e. The molecule has 0 bridgehead atoms. The first kappa shape index (κ1) is 18.1. The van der Waals surface area contributed by atoms with E-state index in [0.717, 1.165) is 57.5 Å². The van der Waals surface area contributed by atoms with Gasteiger partial charge in [0.05, 0.1) is 18.8 Å². The number of piperazine rings is 1. The van der Waals surface area contributed by atoms with Crippen LogP contribution in [0.1, 0.15) is 32.6 Å². The lowest BCUT2D eigenvalue weighted by molar-refractivity contribution is 0.271. The summed E-state index contributed by atoms with van der Waals surface area (Å²) < 4.78 is 27.8. The molecule has 8 heteroatoms. The molecule has 2 saturated heterocycles. The second-order valence-electron chi connectivity index (χ2n) is 6.46. The quantitative estimate of drug-likeness (QED) is 0.744. The van der Waals surface area contributed by atoms with Crippen LogP contribution in [-0.2, 0) is 10.0 Å². The second-order valence-corrected chi connectivity index (χ2v) is 8.36. The maximum absolute atomic E-state index is 13.1. The monoisotopic (exact) mass is 365 g/mol. The van der Waals surface area contributed by atoms with Crippen LogP contribution in [0.3, 0.4) is 0 Å². The van der Waals surface area contributed by atoms with Gasteiger partial charge in [0, 0.05) is 44.8 Å². The molecule has 0 N–H and O–H groups in total. The van der Waals surface area contributed by atoms with Crippen molar-refractivity contribution in [3.8, 4) is 0 Å². The molecule has 2 fully saturated rings. The normalized spacial score (nSPS) is 20.4. The van der Waals surface area contributed by atoms with Crippen molar-refractivity contribution < 1.29 is 8.42 Å². The van der Waals surface area contributed by atoms with Gasteiger partial charge in [0.25, 0.3) is 0 Å². The van der Waals surface area contributed by atoms with E-state index >= 15 is 0 Å². The molecule has 2 aliphatic heterocycles. The number of aromatic nitrogens is 1. The van der Waals surface area contributed by atoms with Gasteiger partial charge in [0.2, 0.25) is 10.0 Å². The van der Waals surface area contributed by atoms with E-state index in [2.05, 4.69) is 21.9 Å².